The number of aryl methyl sites for hydroxylation is 1. The van der Waals surface area contributed by atoms with Crippen molar-refractivity contribution in [2.45, 2.75) is 39.5 Å². The zero-order valence-corrected chi connectivity index (χ0v) is 15.7. The van der Waals surface area contributed by atoms with Crippen LogP contribution < -0.4 is 4.74 Å². The predicted molar refractivity (Wildman–Crippen MR) is 110 cm³/mol. The van der Waals surface area contributed by atoms with E-state index in [1.54, 1.807) is 12.2 Å². The summed E-state index contributed by atoms with van der Waals surface area (Å²) >= 11 is 0. The molecule has 0 aliphatic carbocycles. The lowest BCUT2D eigenvalue weighted by Gasteiger charge is -2.01. The molecule has 0 radical (unpaired) electrons. The third-order valence-corrected chi connectivity index (χ3v) is 3.87. The molecule has 0 aliphatic rings. The summed E-state index contributed by atoms with van der Waals surface area (Å²) in [5.41, 5.74) is 3.39. The molecule has 0 atom stereocenters. The second-order valence-corrected chi connectivity index (χ2v) is 5.98. The highest BCUT2D eigenvalue weighted by Crippen LogP contribution is 2.11. The minimum atomic E-state index is 0.675. The Morgan fingerprint density at radius 2 is 1.35 bits per heavy atom. The first kappa shape index (κ1) is 19.4. The van der Waals surface area contributed by atoms with Crippen molar-refractivity contribution < 1.29 is 4.74 Å². The maximum atomic E-state index is 5.41. The molecule has 0 N–H and O–H groups in total. The molecule has 0 aliphatic heterocycles. The number of unbranched alkanes of at least 4 members (excludes halogenated alkanes) is 2. The summed E-state index contributed by atoms with van der Waals surface area (Å²) in [5.74, 6) is 13.1. The van der Waals surface area contributed by atoms with Crippen molar-refractivity contribution in [3.63, 3.8) is 0 Å². The fourth-order valence-corrected chi connectivity index (χ4v) is 2.47. The monoisotopic (exact) mass is 342 g/mol. The lowest BCUT2D eigenvalue weighted by molar-refractivity contribution is 0.340. The molecule has 0 bridgehead atoms. The Morgan fingerprint density at radius 3 is 1.88 bits per heavy atom. The van der Waals surface area contributed by atoms with E-state index in [0.717, 1.165) is 23.3 Å². The Morgan fingerprint density at radius 1 is 0.769 bits per heavy atom. The van der Waals surface area contributed by atoms with E-state index in [1.165, 1.54) is 24.8 Å². The summed E-state index contributed by atoms with van der Waals surface area (Å²) in [6.07, 6.45) is 8.54. The van der Waals surface area contributed by atoms with Gasteiger partial charge < -0.3 is 4.74 Å². The zero-order valence-electron chi connectivity index (χ0n) is 15.7. The van der Waals surface area contributed by atoms with Crippen molar-refractivity contribution in [1.82, 2.24) is 0 Å². The summed E-state index contributed by atoms with van der Waals surface area (Å²) in [4.78, 5) is 0. The Hall–Kier alpha value is -2.90. The molecule has 26 heavy (non-hydrogen) atoms. The molecule has 132 valence electrons. The molecule has 2 aromatic carbocycles. The molecule has 0 heterocycles. The number of hydrogen-bond acceptors (Lipinski definition) is 1. The lowest BCUT2D eigenvalue weighted by atomic mass is 10.1. The summed E-state index contributed by atoms with van der Waals surface area (Å²) in [6.45, 7) is 4.88. The SMILES string of the molecule is CCCCCc1ccc(C#C/C=C/C#Cc2ccc(OCC)cc2)cc1. The molecule has 0 unspecified atom stereocenters. The van der Waals surface area contributed by atoms with E-state index in [1.807, 2.05) is 31.2 Å². The number of ether oxygens (including phenoxy) is 1. The second-order valence-electron chi connectivity index (χ2n) is 5.98. The molecule has 2 aromatic rings. The Bertz CT molecular complexity index is 803. The van der Waals surface area contributed by atoms with Gasteiger partial charge in [0.2, 0.25) is 0 Å². The standard InChI is InChI=1S/C25H26O/c1-3-5-8-11-22-14-16-23(17-15-22)12-9-6-7-10-13-24-18-20-25(21-19-24)26-4-2/h6-7,14-21H,3-5,8,11H2,1-2H3/b7-6+. The lowest BCUT2D eigenvalue weighted by Crippen LogP contribution is -1.90. The van der Waals surface area contributed by atoms with Crippen molar-refractivity contribution >= 4 is 0 Å². The highest BCUT2D eigenvalue weighted by Gasteiger charge is 1.93. The van der Waals surface area contributed by atoms with Crippen LogP contribution in [0.2, 0.25) is 0 Å². The predicted octanol–water partition coefficient (Wildman–Crippen LogP) is 5.78. The zero-order chi connectivity index (χ0) is 18.5. The summed E-state index contributed by atoms with van der Waals surface area (Å²) in [5, 5.41) is 0. The first-order valence-corrected chi connectivity index (χ1v) is 9.31. The highest BCUT2D eigenvalue weighted by molar-refractivity contribution is 5.42. The molecule has 0 fully saturated rings. The van der Waals surface area contributed by atoms with E-state index >= 15 is 0 Å². The van der Waals surface area contributed by atoms with E-state index in [0.29, 0.717) is 6.61 Å². The third-order valence-electron chi connectivity index (χ3n) is 3.87. The Kier molecular flexibility index (Phi) is 8.68. The minimum Gasteiger partial charge on any atom is -0.494 e. The Labute approximate surface area is 158 Å². The van der Waals surface area contributed by atoms with Gasteiger partial charge in [0.25, 0.3) is 0 Å². The van der Waals surface area contributed by atoms with Gasteiger partial charge in [-0.2, -0.15) is 0 Å². The van der Waals surface area contributed by atoms with E-state index in [4.69, 9.17) is 4.74 Å². The van der Waals surface area contributed by atoms with Crippen molar-refractivity contribution in [2.75, 3.05) is 6.61 Å². The average molecular weight is 342 g/mol. The molecule has 0 saturated heterocycles. The normalized spacial score (nSPS) is 9.92. The van der Waals surface area contributed by atoms with Crippen LogP contribution >= 0.6 is 0 Å². The molecule has 0 spiro atoms. The van der Waals surface area contributed by atoms with Gasteiger partial charge in [-0.3, -0.25) is 0 Å². The van der Waals surface area contributed by atoms with Gasteiger partial charge in [0.1, 0.15) is 5.75 Å². The number of benzene rings is 2. The summed E-state index contributed by atoms with van der Waals surface area (Å²) in [7, 11) is 0. The number of hydrogen-bond donors (Lipinski definition) is 0. The molecule has 0 aromatic heterocycles. The molecule has 1 nitrogen and oxygen atoms in total. The second kappa shape index (κ2) is 11.6. The molecule has 0 saturated carbocycles. The maximum absolute atomic E-state index is 5.41. The van der Waals surface area contributed by atoms with Crippen molar-refractivity contribution in [1.29, 1.82) is 0 Å². The van der Waals surface area contributed by atoms with Crippen LogP contribution in [0.4, 0.5) is 0 Å². The van der Waals surface area contributed by atoms with E-state index < -0.39 is 0 Å². The first-order chi connectivity index (χ1) is 12.8. The van der Waals surface area contributed by atoms with Gasteiger partial charge in [-0.15, -0.1) is 0 Å². The highest BCUT2D eigenvalue weighted by atomic mass is 16.5. The third kappa shape index (κ3) is 7.33. The van der Waals surface area contributed by atoms with E-state index in [2.05, 4.69) is 54.9 Å². The quantitative estimate of drug-likeness (QED) is 0.478. The first-order valence-electron chi connectivity index (χ1n) is 9.31. The average Bonchev–Trinajstić information content (AvgIpc) is 2.67. The van der Waals surface area contributed by atoms with Crippen LogP contribution in [0.1, 0.15) is 49.8 Å². The van der Waals surface area contributed by atoms with Crippen LogP contribution in [0.25, 0.3) is 0 Å². The maximum Gasteiger partial charge on any atom is 0.119 e. The van der Waals surface area contributed by atoms with Gasteiger partial charge in [0, 0.05) is 11.1 Å². The van der Waals surface area contributed by atoms with Gasteiger partial charge in [-0.1, -0.05) is 55.6 Å². The van der Waals surface area contributed by atoms with E-state index in [9.17, 15) is 0 Å². The van der Waals surface area contributed by atoms with Crippen molar-refractivity contribution in [3.8, 4) is 29.4 Å². The summed E-state index contributed by atoms with van der Waals surface area (Å²) in [6, 6.07) is 16.3. The topological polar surface area (TPSA) is 9.23 Å². The fourth-order valence-electron chi connectivity index (χ4n) is 2.47. The van der Waals surface area contributed by atoms with Gasteiger partial charge in [0.05, 0.1) is 6.61 Å². The van der Waals surface area contributed by atoms with Gasteiger partial charge in [0.15, 0.2) is 0 Å². The smallest absolute Gasteiger partial charge is 0.119 e. The van der Waals surface area contributed by atoms with E-state index in [-0.39, 0.29) is 0 Å². The van der Waals surface area contributed by atoms with Crippen molar-refractivity contribution in [2.24, 2.45) is 0 Å². The summed E-state index contributed by atoms with van der Waals surface area (Å²) < 4.78 is 5.41. The molecule has 2 rings (SSSR count). The van der Waals surface area contributed by atoms with Crippen LogP contribution in [-0.4, -0.2) is 6.61 Å². The van der Waals surface area contributed by atoms with Crippen LogP contribution in [0, 0.1) is 23.7 Å². The number of allylic oxidation sites excluding steroid dienone is 2. The fraction of sp³-hybridized carbons (Fsp3) is 0.280. The largest absolute Gasteiger partial charge is 0.494 e. The molecule has 0 amide bonds. The van der Waals surface area contributed by atoms with Crippen LogP contribution in [0.3, 0.4) is 0 Å². The minimum absolute atomic E-state index is 0.675. The molecule has 1 heteroatoms. The molecular formula is C25H26O. The van der Waals surface area contributed by atoms with Crippen LogP contribution in [0.5, 0.6) is 5.75 Å². The number of rotatable bonds is 6. The van der Waals surface area contributed by atoms with Crippen molar-refractivity contribution in [3.05, 3.63) is 77.4 Å². The van der Waals surface area contributed by atoms with Crippen LogP contribution in [0.15, 0.2) is 60.7 Å². The van der Waals surface area contributed by atoms with Gasteiger partial charge in [-0.05, 0) is 73.9 Å². The Balaban J connectivity index is 1.84. The van der Waals surface area contributed by atoms with Gasteiger partial charge in [-0.25, -0.2) is 0 Å². The molecular weight excluding hydrogens is 316 g/mol. The van der Waals surface area contributed by atoms with Gasteiger partial charge >= 0.3 is 0 Å². The van der Waals surface area contributed by atoms with Crippen LogP contribution in [-0.2, 0) is 6.42 Å².